The highest BCUT2D eigenvalue weighted by Gasteiger charge is 2.11. The Kier molecular flexibility index (Phi) is 4.42. The minimum absolute atomic E-state index is 0.129. The number of anilines is 1. The Bertz CT molecular complexity index is 805. The maximum Gasteiger partial charge on any atom is 0.168 e. The number of rotatable bonds is 5. The second kappa shape index (κ2) is 6.48. The summed E-state index contributed by atoms with van der Waals surface area (Å²) in [7, 11) is 0. The first kappa shape index (κ1) is 15.0. The van der Waals surface area contributed by atoms with Gasteiger partial charge in [-0.1, -0.05) is 23.2 Å². The van der Waals surface area contributed by atoms with Crippen molar-refractivity contribution in [3.8, 4) is 5.69 Å². The standard InChI is InChI=1S/C14H13Cl2N5O/c15-11-3-2-9(6-12(11)16)21-14-10(7-20-21)13(18-8-19-14)17-4-1-5-22/h2-3,6-8,22H,1,4-5H2,(H,17,18,19). The second-order valence-corrected chi connectivity index (χ2v) is 5.43. The van der Waals surface area contributed by atoms with Gasteiger partial charge >= 0.3 is 0 Å². The molecule has 8 heteroatoms. The fourth-order valence-electron chi connectivity index (χ4n) is 2.08. The molecule has 0 aliphatic heterocycles. The highest BCUT2D eigenvalue weighted by molar-refractivity contribution is 6.42. The summed E-state index contributed by atoms with van der Waals surface area (Å²) < 4.78 is 1.68. The van der Waals surface area contributed by atoms with Crippen LogP contribution in [0.5, 0.6) is 0 Å². The molecule has 1 aromatic carbocycles. The largest absolute Gasteiger partial charge is 0.396 e. The van der Waals surface area contributed by atoms with Crippen molar-refractivity contribution < 1.29 is 5.11 Å². The summed E-state index contributed by atoms with van der Waals surface area (Å²) in [6.45, 7) is 0.754. The number of nitrogens with one attached hydrogen (secondary N) is 1. The molecule has 0 amide bonds. The van der Waals surface area contributed by atoms with Crippen molar-refractivity contribution in [1.29, 1.82) is 0 Å². The SMILES string of the molecule is OCCCNc1ncnc2c1cnn2-c1ccc(Cl)c(Cl)c1. The molecule has 2 heterocycles. The minimum atomic E-state index is 0.129. The quantitative estimate of drug-likeness (QED) is 0.700. The zero-order valence-electron chi connectivity index (χ0n) is 11.5. The molecule has 0 spiro atoms. The number of nitrogens with zero attached hydrogens (tertiary/aromatic N) is 4. The Morgan fingerprint density at radius 2 is 2.05 bits per heavy atom. The van der Waals surface area contributed by atoms with Crippen LogP contribution < -0.4 is 5.32 Å². The van der Waals surface area contributed by atoms with Crippen LogP contribution in [0.4, 0.5) is 5.82 Å². The topological polar surface area (TPSA) is 75.9 Å². The number of halogens is 2. The summed E-state index contributed by atoms with van der Waals surface area (Å²) in [5.41, 5.74) is 1.43. The number of hydrogen-bond donors (Lipinski definition) is 2. The van der Waals surface area contributed by atoms with Gasteiger partial charge in [-0.3, -0.25) is 0 Å². The Morgan fingerprint density at radius 3 is 2.82 bits per heavy atom. The van der Waals surface area contributed by atoms with Gasteiger partial charge in [-0.05, 0) is 24.6 Å². The van der Waals surface area contributed by atoms with E-state index in [2.05, 4.69) is 20.4 Å². The highest BCUT2D eigenvalue weighted by Crippen LogP contribution is 2.27. The molecule has 0 unspecified atom stereocenters. The lowest BCUT2D eigenvalue weighted by atomic mass is 10.3. The van der Waals surface area contributed by atoms with E-state index in [1.807, 2.05) is 6.07 Å². The average molecular weight is 338 g/mol. The van der Waals surface area contributed by atoms with Crippen LogP contribution in [0, 0.1) is 0 Å². The van der Waals surface area contributed by atoms with Gasteiger partial charge in [-0.2, -0.15) is 5.10 Å². The average Bonchev–Trinajstić information content (AvgIpc) is 2.95. The molecular weight excluding hydrogens is 325 g/mol. The maximum absolute atomic E-state index is 8.85. The number of aliphatic hydroxyl groups excluding tert-OH is 1. The number of aromatic nitrogens is 4. The van der Waals surface area contributed by atoms with E-state index in [0.29, 0.717) is 34.5 Å². The van der Waals surface area contributed by atoms with Gasteiger partial charge in [0.1, 0.15) is 12.1 Å². The van der Waals surface area contributed by atoms with E-state index < -0.39 is 0 Å². The minimum Gasteiger partial charge on any atom is -0.396 e. The monoisotopic (exact) mass is 337 g/mol. The molecule has 0 saturated heterocycles. The molecule has 0 radical (unpaired) electrons. The molecule has 3 rings (SSSR count). The molecule has 114 valence electrons. The van der Waals surface area contributed by atoms with Gasteiger partial charge in [0, 0.05) is 13.2 Å². The fraction of sp³-hybridized carbons (Fsp3) is 0.214. The molecule has 0 saturated carbocycles. The molecule has 0 atom stereocenters. The molecule has 22 heavy (non-hydrogen) atoms. The van der Waals surface area contributed by atoms with Crippen molar-refractivity contribution in [1.82, 2.24) is 19.7 Å². The summed E-state index contributed by atoms with van der Waals surface area (Å²) in [5.74, 6) is 0.685. The van der Waals surface area contributed by atoms with Crippen molar-refractivity contribution >= 4 is 40.1 Å². The van der Waals surface area contributed by atoms with Crippen LogP contribution in [0.3, 0.4) is 0 Å². The predicted octanol–water partition coefficient (Wildman–Crippen LogP) is 2.92. The highest BCUT2D eigenvalue weighted by atomic mass is 35.5. The van der Waals surface area contributed by atoms with Crippen molar-refractivity contribution in [3.05, 3.63) is 40.8 Å². The van der Waals surface area contributed by atoms with Gasteiger partial charge in [-0.15, -0.1) is 0 Å². The van der Waals surface area contributed by atoms with E-state index in [4.69, 9.17) is 28.3 Å². The molecule has 3 aromatic rings. The van der Waals surface area contributed by atoms with Gasteiger partial charge in [0.05, 0.1) is 27.3 Å². The lowest BCUT2D eigenvalue weighted by molar-refractivity contribution is 0.292. The summed E-state index contributed by atoms with van der Waals surface area (Å²) in [4.78, 5) is 8.50. The first-order chi connectivity index (χ1) is 10.7. The van der Waals surface area contributed by atoms with E-state index in [0.717, 1.165) is 11.1 Å². The third-order valence-electron chi connectivity index (χ3n) is 3.14. The van der Waals surface area contributed by atoms with Gasteiger partial charge in [0.15, 0.2) is 5.65 Å². The van der Waals surface area contributed by atoms with Crippen LogP contribution in [-0.4, -0.2) is 38.0 Å². The summed E-state index contributed by atoms with van der Waals surface area (Å²) in [6, 6.07) is 5.27. The van der Waals surface area contributed by atoms with Crippen LogP contribution in [0.2, 0.25) is 10.0 Å². The van der Waals surface area contributed by atoms with Crippen molar-refractivity contribution in [2.24, 2.45) is 0 Å². The number of benzene rings is 1. The first-order valence-corrected chi connectivity index (χ1v) is 7.45. The molecule has 0 aliphatic rings. The molecule has 0 bridgehead atoms. The van der Waals surface area contributed by atoms with Crippen LogP contribution >= 0.6 is 23.2 Å². The first-order valence-electron chi connectivity index (χ1n) is 6.69. The van der Waals surface area contributed by atoms with Gasteiger partial charge in [-0.25, -0.2) is 14.6 Å². The molecule has 2 aromatic heterocycles. The number of aliphatic hydroxyl groups is 1. The Balaban J connectivity index is 2.01. The third kappa shape index (κ3) is 2.85. The molecular formula is C14H13Cl2N5O. The molecule has 0 aliphatic carbocycles. The predicted molar refractivity (Wildman–Crippen MR) is 86.9 cm³/mol. The molecule has 2 N–H and O–H groups in total. The van der Waals surface area contributed by atoms with E-state index in [-0.39, 0.29) is 6.61 Å². The zero-order chi connectivity index (χ0) is 15.5. The second-order valence-electron chi connectivity index (χ2n) is 4.62. The van der Waals surface area contributed by atoms with E-state index in [9.17, 15) is 0 Å². The van der Waals surface area contributed by atoms with Crippen LogP contribution in [0.25, 0.3) is 16.7 Å². The van der Waals surface area contributed by atoms with E-state index in [1.54, 1.807) is 23.0 Å². The number of hydrogen-bond acceptors (Lipinski definition) is 5. The molecule has 0 fully saturated rings. The Hall–Kier alpha value is -1.89. The van der Waals surface area contributed by atoms with Gasteiger partial charge in [0.2, 0.25) is 0 Å². The van der Waals surface area contributed by atoms with Gasteiger partial charge < -0.3 is 10.4 Å². The van der Waals surface area contributed by atoms with Gasteiger partial charge in [0.25, 0.3) is 0 Å². The Morgan fingerprint density at radius 1 is 1.18 bits per heavy atom. The lowest BCUT2D eigenvalue weighted by Crippen LogP contribution is -2.06. The van der Waals surface area contributed by atoms with Crippen LogP contribution in [-0.2, 0) is 0 Å². The van der Waals surface area contributed by atoms with Crippen molar-refractivity contribution in [2.75, 3.05) is 18.5 Å². The third-order valence-corrected chi connectivity index (χ3v) is 3.88. The summed E-state index contributed by atoms with van der Waals surface area (Å²) in [6.07, 6.45) is 3.81. The smallest absolute Gasteiger partial charge is 0.168 e. The zero-order valence-corrected chi connectivity index (χ0v) is 13.0. The lowest BCUT2D eigenvalue weighted by Gasteiger charge is -2.06. The molecule has 6 nitrogen and oxygen atoms in total. The van der Waals surface area contributed by atoms with Crippen LogP contribution in [0.1, 0.15) is 6.42 Å². The maximum atomic E-state index is 8.85. The fourth-order valence-corrected chi connectivity index (χ4v) is 2.37. The van der Waals surface area contributed by atoms with Crippen LogP contribution in [0.15, 0.2) is 30.7 Å². The van der Waals surface area contributed by atoms with Crippen molar-refractivity contribution in [2.45, 2.75) is 6.42 Å². The number of fused-ring (bicyclic) bond motifs is 1. The van der Waals surface area contributed by atoms with E-state index in [1.165, 1.54) is 6.33 Å². The normalized spacial score (nSPS) is 11.0. The summed E-state index contributed by atoms with van der Waals surface area (Å²) in [5, 5.41) is 18.1. The summed E-state index contributed by atoms with van der Waals surface area (Å²) >= 11 is 12.0. The van der Waals surface area contributed by atoms with Crippen molar-refractivity contribution in [3.63, 3.8) is 0 Å². The van der Waals surface area contributed by atoms with E-state index >= 15 is 0 Å². The Labute approximate surface area is 136 Å².